The molecule has 0 saturated carbocycles. The molecular formula is C12H18N2O4S. The number of thiophene rings is 1. The summed E-state index contributed by atoms with van der Waals surface area (Å²) in [5.41, 5.74) is 0. The van der Waals surface area contributed by atoms with Crippen LogP contribution in [0.25, 0.3) is 0 Å². The highest BCUT2D eigenvalue weighted by atomic mass is 32.1. The van der Waals surface area contributed by atoms with Crippen molar-refractivity contribution in [1.82, 2.24) is 10.2 Å². The van der Waals surface area contributed by atoms with E-state index in [1.165, 1.54) is 23.2 Å². The summed E-state index contributed by atoms with van der Waals surface area (Å²) in [5.74, 6) is -1.26. The number of aliphatic carboxylic acids is 1. The number of aliphatic hydroxyl groups excluding tert-OH is 1. The third-order valence-corrected chi connectivity index (χ3v) is 3.93. The summed E-state index contributed by atoms with van der Waals surface area (Å²) >= 11 is 1.52. The predicted octanol–water partition coefficient (Wildman–Crippen LogP) is 1.28. The van der Waals surface area contributed by atoms with Gasteiger partial charge in [-0.2, -0.15) is 0 Å². The molecule has 106 valence electrons. The van der Waals surface area contributed by atoms with Crippen molar-refractivity contribution in [2.24, 2.45) is 0 Å². The quantitative estimate of drug-likeness (QED) is 0.760. The van der Waals surface area contributed by atoms with E-state index in [4.69, 9.17) is 5.11 Å². The summed E-state index contributed by atoms with van der Waals surface area (Å²) in [6.45, 7) is 3.17. The maximum absolute atomic E-state index is 11.9. The maximum Gasteiger partial charge on any atom is 0.328 e. The Hall–Kier alpha value is -1.60. The minimum atomic E-state index is -1.31. The Bertz CT molecular complexity index is 433. The topological polar surface area (TPSA) is 89.9 Å². The lowest BCUT2D eigenvalue weighted by Gasteiger charge is -2.27. The number of urea groups is 1. The van der Waals surface area contributed by atoms with Crippen molar-refractivity contribution in [3.8, 4) is 0 Å². The molecule has 1 unspecified atom stereocenters. The Morgan fingerprint density at radius 1 is 1.42 bits per heavy atom. The van der Waals surface area contributed by atoms with Gasteiger partial charge < -0.3 is 20.4 Å². The highest BCUT2D eigenvalue weighted by molar-refractivity contribution is 7.10. The number of carboxylic acid groups (broad SMARTS) is 1. The maximum atomic E-state index is 11.9. The zero-order chi connectivity index (χ0) is 14.6. The number of carbonyl (C=O) groups excluding carboxylic acids is 1. The van der Waals surface area contributed by atoms with Gasteiger partial charge in [0.2, 0.25) is 0 Å². The number of nitrogens with one attached hydrogen (secondary N) is 1. The molecule has 0 radical (unpaired) electrons. The zero-order valence-electron chi connectivity index (χ0n) is 11.0. The molecule has 1 heterocycles. The van der Waals surface area contributed by atoms with Crippen LogP contribution < -0.4 is 5.32 Å². The lowest BCUT2D eigenvalue weighted by atomic mass is 10.2. The number of rotatable bonds is 5. The molecule has 6 nitrogen and oxygen atoms in total. The summed E-state index contributed by atoms with van der Waals surface area (Å²) in [4.78, 5) is 25.3. The van der Waals surface area contributed by atoms with Gasteiger partial charge in [-0.15, -0.1) is 11.3 Å². The fourth-order valence-corrected chi connectivity index (χ4v) is 2.35. The van der Waals surface area contributed by atoms with Crippen molar-refractivity contribution < 1.29 is 19.8 Å². The number of carbonyl (C=O) groups is 2. The minimum Gasteiger partial charge on any atom is -0.480 e. The molecule has 1 rings (SSSR count). The molecule has 1 aromatic heterocycles. The Balaban J connectivity index is 2.69. The van der Waals surface area contributed by atoms with Gasteiger partial charge in [0.15, 0.2) is 6.04 Å². The van der Waals surface area contributed by atoms with Gasteiger partial charge in [-0.05, 0) is 25.3 Å². The first-order chi connectivity index (χ1) is 8.84. The van der Waals surface area contributed by atoms with Crippen LogP contribution in [0.15, 0.2) is 17.5 Å². The van der Waals surface area contributed by atoms with Crippen LogP contribution in [0.3, 0.4) is 0 Å². The Morgan fingerprint density at radius 3 is 2.47 bits per heavy atom. The zero-order valence-corrected chi connectivity index (χ0v) is 11.8. The van der Waals surface area contributed by atoms with Crippen LogP contribution in [0.2, 0.25) is 0 Å². The third kappa shape index (κ3) is 3.93. The summed E-state index contributed by atoms with van der Waals surface area (Å²) in [6.07, 6.45) is -1.16. The molecule has 0 aliphatic heterocycles. The van der Waals surface area contributed by atoms with Crippen LogP contribution in [-0.4, -0.2) is 46.3 Å². The third-order valence-electron chi connectivity index (χ3n) is 2.88. The van der Waals surface area contributed by atoms with Gasteiger partial charge in [0, 0.05) is 11.9 Å². The van der Waals surface area contributed by atoms with E-state index in [1.54, 1.807) is 7.05 Å². The molecule has 1 aromatic rings. The van der Waals surface area contributed by atoms with Crippen LogP contribution in [0.4, 0.5) is 4.79 Å². The summed E-state index contributed by atoms with van der Waals surface area (Å²) < 4.78 is 0. The van der Waals surface area contributed by atoms with E-state index in [2.05, 4.69) is 5.32 Å². The molecule has 7 heteroatoms. The number of nitrogens with zero attached hydrogens (tertiary/aromatic N) is 1. The van der Waals surface area contributed by atoms with E-state index < -0.39 is 24.1 Å². The molecule has 0 bridgehead atoms. The van der Waals surface area contributed by atoms with Gasteiger partial charge >= 0.3 is 12.0 Å². The summed E-state index contributed by atoms with van der Waals surface area (Å²) in [6, 6.07) is 1.78. The fourth-order valence-electron chi connectivity index (χ4n) is 1.52. The smallest absolute Gasteiger partial charge is 0.328 e. The van der Waals surface area contributed by atoms with E-state index in [9.17, 15) is 14.7 Å². The molecule has 0 aliphatic rings. The molecule has 19 heavy (non-hydrogen) atoms. The van der Waals surface area contributed by atoms with Crippen LogP contribution in [0, 0.1) is 0 Å². The number of amides is 2. The molecule has 3 atom stereocenters. The standard InChI is InChI=1S/C12H18N2O4S/c1-7(9-5-4-6-19-9)14(3)12(18)13-10(8(2)15)11(16)17/h4-8,10,15H,1-3H3,(H,13,18)(H,16,17)/t7?,8-,10+/m1/s1. The summed E-state index contributed by atoms with van der Waals surface area (Å²) in [7, 11) is 1.58. The van der Waals surface area contributed by atoms with Crippen molar-refractivity contribution in [1.29, 1.82) is 0 Å². The second kappa shape index (κ2) is 6.53. The first kappa shape index (κ1) is 15.5. The number of carboxylic acids is 1. The predicted molar refractivity (Wildman–Crippen MR) is 72.1 cm³/mol. The van der Waals surface area contributed by atoms with Crippen molar-refractivity contribution in [3.05, 3.63) is 22.4 Å². The number of aliphatic hydroxyl groups is 1. The van der Waals surface area contributed by atoms with Crippen molar-refractivity contribution >= 4 is 23.3 Å². The Kier molecular flexibility index (Phi) is 5.31. The average Bonchev–Trinajstić information content (AvgIpc) is 2.86. The van der Waals surface area contributed by atoms with Gasteiger partial charge in [0.1, 0.15) is 0 Å². The largest absolute Gasteiger partial charge is 0.480 e. The van der Waals surface area contributed by atoms with E-state index in [0.717, 1.165) is 4.88 Å². The monoisotopic (exact) mass is 286 g/mol. The molecule has 0 aliphatic carbocycles. The molecule has 2 amide bonds. The highest BCUT2D eigenvalue weighted by Gasteiger charge is 2.27. The molecular weight excluding hydrogens is 268 g/mol. The van der Waals surface area contributed by atoms with E-state index >= 15 is 0 Å². The Labute approximate surface area is 115 Å². The van der Waals surface area contributed by atoms with Crippen LogP contribution >= 0.6 is 11.3 Å². The van der Waals surface area contributed by atoms with Gasteiger partial charge in [-0.3, -0.25) is 0 Å². The van der Waals surface area contributed by atoms with Crippen LogP contribution in [0.1, 0.15) is 24.8 Å². The second-order valence-electron chi connectivity index (χ2n) is 4.31. The van der Waals surface area contributed by atoms with Gasteiger partial charge in [0.25, 0.3) is 0 Å². The van der Waals surface area contributed by atoms with Crippen molar-refractivity contribution in [2.45, 2.75) is 32.0 Å². The lowest BCUT2D eigenvalue weighted by Crippen LogP contribution is -2.51. The van der Waals surface area contributed by atoms with Crippen molar-refractivity contribution in [2.75, 3.05) is 7.05 Å². The molecule has 3 N–H and O–H groups in total. The second-order valence-corrected chi connectivity index (χ2v) is 5.29. The van der Waals surface area contributed by atoms with E-state index in [0.29, 0.717) is 0 Å². The van der Waals surface area contributed by atoms with Crippen molar-refractivity contribution in [3.63, 3.8) is 0 Å². The number of hydrogen-bond acceptors (Lipinski definition) is 4. The van der Waals surface area contributed by atoms with Crippen LogP contribution in [-0.2, 0) is 4.79 Å². The van der Waals surface area contributed by atoms with Gasteiger partial charge in [0.05, 0.1) is 12.1 Å². The SMILES string of the molecule is CC(c1cccs1)N(C)C(=O)N[C@H](C(=O)O)[C@@H](C)O. The average molecular weight is 286 g/mol. The molecule has 0 spiro atoms. The molecule has 0 fully saturated rings. The fraction of sp³-hybridized carbons (Fsp3) is 0.500. The van der Waals surface area contributed by atoms with E-state index in [1.807, 2.05) is 24.4 Å². The van der Waals surface area contributed by atoms with Gasteiger partial charge in [-0.1, -0.05) is 6.07 Å². The minimum absolute atomic E-state index is 0.163. The van der Waals surface area contributed by atoms with E-state index in [-0.39, 0.29) is 6.04 Å². The van der Waals surface area contributed by atoms with Crippen LogP contribution in [0.5, 0.6) is 0 Å². The highest BCUT2D eigenvalue weighted by Crippen LogP contribution is 2.23. The number of hydrogen-bond donors (Lipinski definition) is 3. The normalized spacial score (nSPS) is 15.4. The molecule has 0 aromatic carbocycles. The molecule has 0 saturated heterocycles. The van der Waals surface area contributed by atoms with Gasteiger partial charge in [-0.25, -0.2) is 9.59 Å². The Morgan fingerprint density at radius 2 is 2.05 bits per heavy atom. The summed E-state index contributed by atoms with van der Waals surface area (Å²) in [5, 5.41) is 22.4. The first-order valence-electron chi connectivity index (χ1n) is 5.82. The first-order valence-corrected chi connectivity index (χ1v) is 6.70. The lowest BCUT2D eigenvalue weighted by molar-refractivity contribution is -0.141.